The lowest BCUT2D eigenvalue weighted by molar-refractivity contribution is 0.0251. The molecule has 1 saturated heterocycles. The highest BCUT2D eigenvalue weighted by Crippen LogP contribution is 2.35. The molecule has 0 aromatic rings. The Kier molecular flexibility index (Phi) is 3.39. The molecule has 1 fully saturated rings. The second-order valence-corrected chi connectivity index (χ2v) is 5.74. The van der Waals surface area contributed by atoms with E-state index in [1.165, 1.54) is 25.9 Å². The van der Waals surface area contributed by atoms with Crippen LogP contribution in [0.2, 0.25) is 0 Å². The van der Waals surface area contributed by atoms with Crippen molar-refractivity contribution in [1.82, 2.24) is 4.90 Å². The maximum Gasteiger partial charge on any atom is 0.00448 e. The van der Waals surface area contributed by atoms with Crippen molar-refractivity contribution in [3.05, 3.63) is 0 Å². The van der Waals surface area contributed by atoms with Crippen molar-refractivity contribution in [2.24, 2.45) is 17.3 Å². The van der Waals surface area contributed by atoms with Crippen LogP contribution in [-0.2, 0) is 0 Å². The Morgan fingerprint density at radius 2 is 1.77 bits per heavy atom. The second-order valence-electron chi connectivity index (χ2n) is 5.74. The van der Waals surface area contributed by atoms with Gasteiger partial charge in [0, 0.05) is 13.1 Å². The predicted molar refractivity (Wildman–Crippen MR) is 58.8 cm³/mol. The van der Waals surface area contributed by atoms with Crippen LogP contribution in [0.3, 0.4) is 0 Å². The van der Waals surface area contributed by atoms with E-state index in [4.69, 9.17) is 0 Å². The SMILES string of the molecule is CC(C)C(C)CCC1(C)CN(C)C1. The van der Waals surface area contributed by atoms with E-state index >= 15 is 0 Å². The van der Waals surface area contributed by atoms with Crippen molar-refractivity contribution < 1.29 is 0 Å². The van der Waals surface area contributed by atoms with E-state index in [1.54, 1.807) is 0 Å². The quantitative estimate of drug-likeness (QED) is 0.647. The third-order valence-electron chi connectivity index (χ3n) is 3.64. The van der Waals surface area contributed by atoms with Crippen molar-refractivity contribution >= 4 is 0 Å². The van der Waals surface area contributed by atoms with Crippen LogP contribution < -0.4 is 0 Å². The lowest BCUT2D eigenvalue weighted by atomic mass is 9.75. The molecule has 1 nitrogen and oxygen atoms in total. The van der Waals surface area contributed by atoms with Gasteiger partial charge < -0.3 is 4.90 Å². The lowest BCUT2D eigenvalue weighted by Crippen LogP contribution is -2.52. The Bertz CT molecular complexity index is 157. The van der Waals surface area contributed by atoms with Gasteiger partial charge in [0.15, 0.2) is 0 Å². The van der Waals surface area contributed by atoms with Gasteiger partial charge >= 0.3 is 0 Å². The van der Waals surface area contributed by atoms with Crippen LogP contribution in [0.4, 0.5) is 0 Å². The Balaban J connectivity index is 2.19. The normalized spacial score (nSPS) is 24.5. The Morgan fingerprint density at radius 1 is 1.23 bits per heavy atom. The first kappa shape index (κ1) is 11.0. The van der Waals surface area contributed by atoms with E-state index in [9.17, 15) is 0 Å². The fourth-order valence-corrected chi connectivity index (χ4v) is 2.32. The van der Waals surface area contributed by atoms with Crippen LogP contribution in [0.25, 0.3) is 0 Å². The van der Waals surface area contributed by atoms with Crippen LogP contribution in [0.5, 0.6) is 0 Å². The topological polar surface area (TPSA) is 3.24 Å². The summed E-state index contributed by atoms with van der Waals surface area (Å²) < 4.78 is 0. The third-order valence-corrected chi connectivity index (χ3v) is 3.64. The molecule has 1 atom stereocenters. The Labute approximate surface area is 83.5 Å². The maximum atomic E-state index is 2.43. The van der Waals surface area contributed by atoms with Gasteiger partial charge in [-0.1, -0.05) is 27.7 Å². The van der Waals surface area contributed by atoms with E-state index in [0.717, 1.165) is 11.8 Å². The molecular formula is C12H25N. The summed E-state index contributed by atoms with van der Waals surface area (Å²) in [7, 11) is 2.22. The summed E-state index contributed by atoms with van der Waals surface area (Å²) in [4.78, 5) is 2.42. The van der Waals surface area contributed by atoms with Gasteiger partial charge in [0.05, 0.1) is 0 Å². The number of hydrogen-bond acceptors (Lipinski definition) is 1. The minimum Gasteiger partial charge on any atom is -0.305 e. The van der Waals surface area contributed by atoms with Gasteiger partial charge in [-0.05, 0) is 37.1 Å². The summed E-state index contributed by atoms with van der Waals surface area (Å²) in [5.41, 5.74) is 0.637. The van der Waals surface area contributed by atoms with Crippen molar-refractivity contribution in [1.29, 1.82) is 0 Å². The first-order valence-corrected chi connectivity index (χ1v) is 5.61. The van der Waals surface area contributed by atoms with E-state index in [0.29, 0.717) is 5.41 Å². The molecule has 1 aliphatic rings. The largest absolute Gasteiger partial charge is 0.305 e. The molecule has 0 saturated carbocycles. The van der Waals surface area contributed by atoms with Gasteiger partial charge in [-0.25, -0.2) is 0 Å². The van der Waals surface area contributed by atoms with Gasteiger partial charge in [-0.3, -0.25) is 0 Å². The molecule has 0 aliphatic carbocycles. The summed E-state index contributed by atoms with van der Waals surface area (Å²) >= 11 is 0. The first-order valence-electron chi connectivity index (χ1n) is 5.61. The molecule has 78 valence electrons. The number of hydrogen-bond donors (Lipinski definition) is 0. The van der Waals surface area contributed by atoms with Crippen LogP contribution in [0.1, 0.15) is 40.5 Å². The van der Waals surface area contributed by atoms with Crippen molar-refractivity contribution in [3.8, 4) is 0 Å². The molecule has 1 heteroatoms. The molecule has 0 radical (unpaired) electrons. The molecule has 1 unspecified atom stereocenters. The molecule has 13 heavy (non-hydrogen) atoms. The summed E-state index contributed by atoms with van der Waals surface area (Å²) in [5, 5.41) is 0. The van der Waals surface area contributed by atoms with Crippen LogP contribution in [0.15, 0.2) is 0 Å². The fourth-order valence-electron chi connectivity index (χ4n) is 2.32. The van der Waals surface area contributed by atoms with Crippen molar-refractivity contribution in [3.63, 3.8) is 0 Å². The molecule has 1 rings (SSSR count). The van der Waals surface area contributed by atoms with Crippen molar-refractivity contribution in [2.45, 2.75) is 40.5 Å². The van der Waals surface area contributed by atoms with Crippen molar-refractivity contribution in [2.75, 3.05) is 20.1 Å². The molecule has 1 aliphatic heterocycles. The Hall–Kier alpha value is -0.0400. The molecule has 0 aromatic heterocycles. The van der Waals surface area contributed by atoms with E-state index in [-0.39, 0.29) is 0 Å². The average Bonchev–Trinajstić information content (AvgIpc) is 1.97. The zero-order valence-electron chi connectivity index (χ0n) is 9.93. The standard InChI is InChI=1S/C12H25N/c1-10(2)11(3)6-7-12(4)8-13(5)9-12/h10-11H,6-9H2,1-5H3. The molecule has 0 N–H and O–H groups in total. The van der Waals surface area contributed by atoms with Gasteiger partial charge in [-0.2, -0.15) is 0 Å². The summed E-state index contributed by atoms with van der Waals surface area (Å²) in [6.07, 6.45) is 2.82. The predicted octanol–water partition coefficient (Wildman–Crippen LogP) is 3.01. The molecule has 0 aromatic carbocycles. The minimum absolute atomic E-state index is 0.637. The van der Waals surface area contributed by atoms with Gasteiger partial charge in [-0.15, -0.1) is 0 Å². The molecular weight excluding hydrogens is 158 g/mol. The van der Waals surface area contributed by atoms with E-state index in [2.05, 4.69) is 39.6 Å². The first-order chi connectivity index (χ1) is 5.93. The maximum absolute atomic E-state index is 2.43. The summed E-state index contributed by atoms with van der Waals surface area (Å²) in [6, 6.07) is 0. The second kappa shape index (κ2) is 4.00. The highest BCUT2D eigenvalue weighted by molar-refractivity contribution is 4.89. The average molecular weight is 183 g/mol. The lowest BCUT2D eigenvalue weighted by Gasteiger charge is -2.47. The monoisotopic (exact) mass is 183 g/mol. The molecule has 0 spiro atoms. The van der Waals surface area contributed by atoms with Crippen LogP contribution in [-0.4, -0.2) is 25.0 Å². The molecule has 1 heterocycles. The highest BCUT2D eigenvalue weighted by atomic mass is 15.2. The fraction of sp³-hybridized carbons (Fsp3) is 1.00. The smallest absolute Gasteiger partial charge is 0.00448 e. The summed E-state index contributed by atoms with van der Waals surface area (Å²) in [5.74, 6) is 1.74. The van der Waals surface area contributed by atoms with Gasteiger partial charge in [0.2, 0.25) is 0 Å². The van der Waals surface area contributed by atoms with E-state index < -0.39 is 0 Å². The third kappa shape index (κ3) is 2.98. The number of nitrogens with zero attached hydrogens (tertiary/aromatic N) is 1. The number of likely N-dealkylation sites (tertiary alicyclic amines) is 1. The molecule has 0 bridgehead atoms. The molecule has 0 amide bonds. The van der Waals surface area contributed by atoms with Gasteiger partial charge in [0.25, 0.3) is 0 Å². The van der Waals surface area contributed by atoms with Crippen LogP contribution >= 0.6 is 0 Å². The Morgan fingerprint density at radius 3 is 2.15 bits per heavy atom. The summed E-state index contributed by atoms with van der Waals surface area (Å²) in [6.45, 7) is 12.1. The minimum atomic E-state index is 0.637. The number of rotatable bonds is 4. The highest BCUT2D eigenvalue weighted by Gasteiger charge is 2.35. The zero-order valence-corrected chi connectivity index (χ0v) is 9.93. The zero-order chi connectivity index (χ0) is 10.1. The van der Waals surface area contributed by atoms with Crippen LogP contribution in [0, 0.1) is 17.3 Å². The van der Waals surface area contributed by atoms with E-state index in [1.807, 2.05) is 0 Å². The van der Waals surface area contributed by atoms with Gasteiger partial charge in [0.1, 0.15) is 0 Å².